The van der Waals surface area contributed by atoms with E-state index in [1.54, 1.807) is 18.4 Å². The lowest BCUT2D eigenvalue weighted by Gasteiger charge is -2.07. The molecular formula is C14H11FN2O5S. The Labute approximate surface area is 133 Å². The highest BCUT2D eigenvalue weighted by Gasteiger charge is 2.16. The Morgan fingerprint density at radius 1 is 1.39 bits per heavy atom. The lowest BCUT2D eigenvalue weighted by Crippen LogP contribution is -2.21. The first kappa shape index (κ1) is 16.6. The van der Waals surface area contributed by atoms with Crippen LogP contribution in [-0.2, 0) is 9.53 Å². The Morgan fingerprint density at radius 2 is 2.13 bits per heavy atom. The molecule has 1 aromatic carbocycles. The predicted octanol–water partition coefficient (Wildman–Crippen LogP) is 2.90. The number of ether oxygens (including phenoxy) is 1. The maximum Gasteiger partial charge on any atom is 0.349 e. The Hall–Kier alpha value is -2.81. The van der Waals surface area contributed by atoms with Crippen LogP contribution in [0.1, 0.15) is 15.2 Å². The van der Waals surface area contributed by atoms with E-state index >= 15 is 0 Å². The molecule has 0 bridgehead atoms. The molecule has 0 aliphatic rings. The van der Waals surface area contributed by atoms with E-state index in [1.807, 2.05) is 0 Å². The van der Waals surface area contributed by atoms with E-state index in [9.17, 15) is 24.1 Å². The van der Waals surface area contributed by atoms with E-state index in [1.165, 1.54) is 11.3 Å². The largest absolute Gasteiger partial charge is 0.451 e. The number of carbonyl (C=O) groups is 2. The Bertz CT molecular complexity index is 774. The summed E-state index contributed by atoms with van der Waals surface area (Å²) in [7, 11) is 0. The van der Waals surface area contributed by atoms with Crippen LogP contribution in [0.5, 0.6) is 0 Å². The third-order valence-electron chi connectivity index (χ3n) is 2.82. The number of nitrogens with one attached hydrogen (secondary N) is 1. The second-order valence-electron chi connectivity index (χ2n) is 4.48. The maximum absolute atomic E-state index is 13.5. The molecule has 9 heteroatoms. The van der Waals surface area contributed by atoms with Gasteiger partial charge in [-0.3, -0.25) is 14.9 Å². The molecule has 0 aliphatic carbocycles. The van der Waals surface area contributed by atoms with Crippen molar-refractivity contribution in [3.8, 4) is 0 Å². The summed E-state index contributed by atoms with van der Waals surface area (Å²) in [5, 5.41) is 14.5. The van der Waals surface area contributed by atoms with Crippen LogP contribution < -0.4 is 5.32 Å². The van der Waals surface area contributed by atoms with E-state index < -0.39 is 29.2 Å². The van der Waals surface area contributed by atoms with Crippen molar-refractivity contribution < 1.29 is 23.6 Å². The summed E-state index contributed by atoms with van der Waals surface area (Å²) < 4.78 is 18.3. The van der Waals surface area contributed by atoms with Gasteiger partial charge in [-0.15, -0.1) is 11.3 Å². The van der Waals surface area contributed by atoms with Crippen molar-refractivity contribution >= 4 is 34.6 Å². The Morgan fingerprint density at radius 3 is 2.74 bits per heavy atom. The molecule has 120 valence electrons. The van der Waals surface area contributed by atoms with Crippen molar-refractivity contribution in [3.63, 3.8) is 0 Å². The van der Waals surface area contributed by atoms with Crippen molar-refractivity contribution in [2.45, 2.75) is 6.92 Å². The van der Waals surface area contributed by atoms with Crippen LogP contribution in [0.15, 0.2) is 29.6 Å². The number of nitro groups is 1. The minimum Gasteiger partial charge on any atom is -0.451 e. The summed E-state index contributed by atoms with van der Waals surface area (Å²) in [5.74, 6) is -2.29. The number of nitrogens with zero attached hydrogens (tertiary/aromatic N) is 1. The topological polar surface area (TPSA) is 98.5 Å². The average molecular weight is 338 g/mol. The van der Waals surface area contributed by atoms with Gasteiger partial charge in [0.2, 0.25) is 0 Å². The second-order valence-corrected chi connectivity index (χ2v) is 5.39. The van der Waals surface area contributed by atoms with Gasteiger partial charge >= 0.3 is 5.97 Å². The molecule has 1 heterocycles. The fourth-order valence-corrected chi connectivity index (χ4v) is 2.50. The number of nitro benzene ring substituents is 1. The van der Waals surface area contributed by atoms with E-state index in [0.29, 0.717) is 4.88 Å². The van der Waals surface area contributed by atoms with Gasteiger partial charge in [-0.25, -0.2) is 9.18 Å². The van der Waals surface area contributed by atoms with Crippen LogP contribution in [0.4, 0.5) is 15.8 Å². The molecule has 1 N–H and O–H groups in total. The normalized spacial score (nSPS) is 10.2. The van der Waals surface area contributed by atoms with Crippen molar-refractivity contribution in [1.29, 1.82) is 0 Å². The summed E-state index contributed by atoms with van der Waals surface area (Å²) in [6.45, 7) is 1.10. The van der Waals surface area contributed by atoms with Crippen LogP contribution in [0.2, 0.25) is 0 Å². The molecule has 0 unspecified atom stereocenters. The number of carbonyl (C=O) groups excluding carboxylic acids is 2. The molecule has 1 amide bonds. The van der Waals surface area contributed by atoms with Gasteiger partial charge in [-0.2, -0.15) is 0 Å². The SMILES string of the molecule is Cc1ccsc1C(=O)OCC(=O)Nc1cc([N+](=O)[O-])ccc1F. The molecule has 0 saturated carbocycles. The first-order chi connectivity index (χ1) is 10.9. The highest BCUT2D eigenvalue weighted by Crippen LogP contribution is 2.21. The Balaban J connectivity index is 1.97. The molecule has 0 spiro atoms. The van der Waals surface area contributed by atoms with Gasteiger partial charge in [0.25, 0.3) is 11.6 Å². The van der Waals surface area contributed by atoms with Gasteiger partial charge in [-0.05, 0) is 30.0 Å². The lowest BCUT2D eigenvalue weighted by molar-refractivity contribution is -0.384. The van der Waals surface area contributed by atoms with Gasteiger partial charge in [0, 0.05) is 12.1 Å². The number of non-ortho nitro benzene ring substituents is 1. The molecule has 7 nitrogen and oxygen atoms in total. The summed E-state index contributed by atoms with van der Waals surface area (Å²) in [4.78, 5) is 33.7. The van der Waals surface area contributed by atoms with E-state index in [0.717, 1.165) is 23.8 Å². The van der Waals surface area contributed by atoms with E-state index in [2.05, 4.69) is 5.32 Å². The molecular weight excluding hydrogens is 327 g/mol. The molecule has 2 aromatic rings. The monoisotopic (exact) mass is 338 g/mol. The molecule has 0 fully saturated rings. The fraction of sp³-hybridized carbons (Fsp3) is 0.143. The number of halogens is 1. The number of hydrogen-bond donors (Lipinski definition) is 1. The van der Waals surface area contributed by atoms with Crippen LogP contribution >= 0.6 is 11.3 Å². The quantitative estimate of drug-likeness (QED) is 0.513. The van der Waals surface area contributed by atoms with E-state index in [-0.39, 0.29) is 11.4 Å². The van der Waals surface area contributed by atoms with Crippen LogP contribution in [0.3, 0.4) is 0 Å². The predicted molar refractivity (Wildman–Crippen MR) is 81.0 cm³/mol. The Kier molecular flexibility index (Phi) is 5.02. The molecule has 23 heavy (non-hydrogen) atoms. The van der Waals surface area contributed by atoms with Crippen molar-refractivity contribution in [3.05, 3.63) is 56.0 Å². The molecule has 0 atom stereocenters. The van der Waals surface area contributed by atoms with Crippen LogP contribution in [0.25, 0.3) is 0 Å². The standard InChI is InChI=1S/C14H11FN2O5S/c1-8-4-5-23-13(8)14(19)22-7-12(18)16-11-6-9(17(20)21)2-3-10(11)15/h2-6H,7H2,1H3,(H,16,18). The zero-order valence-corrected chi connectivity index (χ0v) is 12.7. The van der Waals surface area contributed by atoms with Crippen molar-refractivity contribution in [2.24, 2.45) is 0 Å². The van der Waals surface area contributed by atoms with E-state index in [4.69, 9.17) is 4.74 Å². The number of hydrogen-bond acceptors (Lipinski definition) is 6. The second kappa shape index (κ2) is 6.97. The number of thiophene rings is 1. The van der Waals surface area contributed by atoms with Crippen molar-refractivity contribution in [2.75, 3.05) is 11.9 Å². The third-order valence-corrected chi connectivity index (χ3v) is 3.81. The lowest BCUT2D eigenvalue weighted by atomic mass is 10.2. The fourth-order valence-electron chi connectivity index (χ4n) is 1.69. The zero-order chi connectivity index (χ0) is 17.0. The number of benzene rings is 1. The maximum atomic E-state index is 13.5. The molecule has 0 aliphatic heterocycles. The smallest absolute Gasteiger partial charge is 0.349 e. The van der Waals surface area contributed by atoms with Gasteiger partial charge in [0.1, 0.15) is 10.7 Å². The third kappa shape index (κ3) is 4.10. The van der Waals surface area contributed by atoms with Crippen LogP contribution in [-0.4, -0.2) is 23.4 Å². The summed E-state index contributed by atoms with van der Waals surface area (Å²) in [6, 6.07) is 4.47. The first-order valence-corrected chi connectivity index (χ1v) is 7.21. The average Bonchev–Trinajstić information content (AvgIpc) is 2.93. The molecule has 0 saturated heterocycles. The summed E-state index contributed by atoms with van der Waals surface area (Å²) in [5.41, 5.74) is 0.00518. The number of aryl methyl sites for hydroxylation is 1. The van der Waals surface area contributed by atoms with Gasteiger partial charge in [0.05, 0.1) is 10.6 Å². The number of amides is 1. The molecule has 1 aromatic heterocycles. The minimum atomic E-state index is -0.829. The van der Waals surface area contributed by atoms with Gasteiger partial charge in [-0.1, -0.05) is 0 Å². The molecule has 0 radical (unpaired) electrons. The van der Waals surface area contributed by atoms with Crippen molar-refractivity contribution in [1.82, 2.24) is 0 Å². The summed E-state index contributed by atoms with van der Waals surface area (Å²) >= 11 is 1.18. The highest BCUT2D eigenvalue weighted by atomic mass is 32.1. The highest BCUT2D eigenvalue weighted by molar-refractivity contribution is 7.12. The minimum absolute atomic E-state index is 0.354. The van der Waals surface area contributed by atoms with Gasteiger partial charge < -0.3 is 10.1 Å². The number of rotatable bonds is 5. The number of anilines is 1. The molecule has 2 rings (SSSR count). The summed E-state index contributed by atoms with van der Waals surface area (Å²) in [6.07, 6.45) is 0. The van der Waals surface area contributed by atoms with Gasteiger partial charge in [0.15, 0.2) is 6.61 Å². The van der Waals surface area contributed by atoms with Crippen LogP contribution in [0, 0.1) is 22.9 Å². The zero-order valence-electron chi connectivity index (χ0n) is 11.9. The number of esters is 1. The first-order valence-electron chi connectivity index (χ1n) is 6.33.